The first-order chi connectivity index (χ1) is 11.5. The molecule has 1 unspecified atom stereocenters. The van der Waals surface area contributed by atoms with Gasteiger partial charge in [-0.3, -0.25) is 14.2 Å². The lowest BCUT2D eigenvalue weighted by molar-refractivity contribution is -0.144. The number of esters is 1. The van der Waals surface area contributed by atoms with Crippen molar-refractivity contribution in [1.29, 1.82) is 0 Å². The number of carbonyl (C=O) groups excluding carboxylic acids is 2. The molecule has 2 aromatic heterocycles. The predicted molar refractivity (Wildman–Crippen MR) is 84.4 cm³/mol. The molecule has 1 atom stereocenters. The maximum atomic E-state index is 12.5. The Hall–Kier alpha value is -3.34. The van der Waals surface area contributed by atoms with E-state index in [4.69, 9.17) is 10.9 Å². The molecule has 0 aliphatic carbocycles. The Morgan fingerprint density at radius 3 is 2.88 bits per heavy atom. The van der Waals surface area contributed by atoms with Crippen LogP contribution in [0.4, 0.5) is 5.69 Å². The van der Waals surface area contributed by atoms with Crippen LogP contribution in [0.1, 0.15) is 28.7 Å². The summed E-state index contributed by atoms with van der Waals surface area (Å²) in [6.07, 6.45) is 6.62. The molecular formula is C16H15N3O5. The maximum absolute atomic E-state index is 12.5. The van der Waals surface area contributed by atoms with Crippen molar-refractivity contribution in [2.24, 2.45) is 0 Å². The Kier molecular flexibility index (Phi) is 5.16. The van der Waals surface area contributed by atoms with Crippen LogP contribution in [-0.2, 0) is 9.53 Å². The van der Waals surface area contributed by atoms with Crippen molar-refractivity contribution in [3.63, 3.8) is 0 Å². The summed E-state index contributed by atoms with van der Waals surface area (Å²) in [5.74, 6) is 1.54. The normalized spacial score (nSPS) is 11.4. The van der Waals surface area contributed by atoms with Gasteiger partial charge in [-0.05, 0) is 19.1 Å². The Bertz CT molecular complexity index is 859. The highest BCUT2D eigenvalue weighted by Crippen LogP contribution is 2.13. The highest BCUT2D eigenvalue weighted by atomic mass is 16.5. The van der Waals surface area contributed by atoms with Gasteiger partial charge in [0.25, 0.3) is 11.5 Å². The lowest BCUT2D eigenvalue weighted by Crippen LogP contribution is -2.32. The first-order valence-electron chi connectivity index (χ1n) is 6.95. The van der Waals surface area contributed by atoms with Gasteiger partial charge in [-0.15, -0.1) is 12.3 Å². The molecule has 0 fully saturated rings. The monoisotopic (exact) mass is 329 g/mol. The van der Waals surface area contributed by atoms with E-state index in [1.54, 1.807) is 6.92 Å². The van der Waals surface area contributed by atoms with Gasteiger partial charge in [-0.2, -0.15) is 0 Å². The lowest BCUT2D eigenvalue weighted by Gasteiger charge is -2.16. The van der Waals surface area contributed by atoms with Crippen LogP contribution in [0, 0.1) is 19.3 Å². The number of hydrogen-bond donors (Lipinski definition) is 1. The van der Waals surface area contributed by atoms with Gasteiger partial charge in [0, 0.05) is 18.7 Å². The van der Waals surface area contributed by atoms with Crippen molar-refractivity contribution < 1.29 is 18.8 Å². The average Bonchev–Trinajstić information content (AvgIpc) is 3.01. The fourth-order valence-electron chi connectivity index (χ4n) is 2.05. The summed E-state index contributed by atoms with van der Waals surface area (Å²) in [6, 6.07) is 3.39. The molecule has 24 heavy (non-hydrogen) atoms. The van der Waals surface area contributed by atoms with Gasteiger partial charge in [-0.25, -0.2) is 4.79 Å². The molecule has 2 aromatic rings. The molecule has 2 rings (SSSR count). The van der Waals surface area contributed by atoms with Crippen molar-refractivity contribution in [3.05, 3.63) is 46.2 Å². The third-order valence-corrected chi connectivity index (χ3v) is 3.20. The van der Waals surface area contributed by atoms with E-state index in [-0.39, 0.29) is 17.8 Å². The first kappa shape index (κ1) is 17.0. The number of carbonyl (C=O) groups is 2. The number of aromatic nitrogens is 2. The van der Waals surface area contributed by atoms with E-state index in [1.807, 2.05) is 0 Å². The van der Waals surface area contributed by atoms with Gasteiger partial charge in [0.15, 0.2) is 5.69 Å². The summed E-state index contributed by atoms with van der Waals surface area (Å²) in [6.45, 7) is 1.64. The number of amides is 1. The fraction of sp³-hybridized carbons (Fsp3) is 0.250. The number of pyridine rings is 1. The molecule has 2 heterocycles. The van der Waals surface area contributed by atoms with Gasteiger partial charge in [-0.1, -0.05) is 5.16 Å². The molecule has 8 nitrogen and oxygen atoms in total. The molecule has 0 saturated carbocycles. The van der Waals surface area contributed by atoms with E-state index in [9.17, 15) is 14.4 Å². The number of anilines is 1. The first-order valence-corrected chi connectivity index (χ1v) is 6.95. The number of hydrogen-bond acceptors (Lipinski definition) is 6. The quantitative estimate of drug-likeness (QED) is 0.651. The number of ether oxygens (including phenoxy) is 1. The summed E-state index contributed by atoms with van der Waals surface area (Å²) in [5, 5.41) is 6.01. The summed E-state index contributed by atoms with van der Waals surface area (Å²) in [4.78, 5) is 36.4. The number of rotatable bonds is 5. The number of nitrogens with zero attached hydrogens (tertiary/aromatic N) is 2. The average molecular weight is 329 g/mol. The molecule has 0 radical (unpaired) electrons. The van der Waals surface area contributed by atoms with Crippen molar-refractivity contribution in [2.75, 3.05) is 12.4 Å². The zero-order valence-corrected chi connectivity index (χ0v) is 13.1. The van der Waals surface area contributed by atoms with E-state index < -0.39 is 23.5 Å². The van der Waals surface area contributed by atoms with Crippen LogP contribution in [-0.4, -0.2) is 28.7 Å². The zero-order chi connectivity index (χ0) is 17.7. The Morgan fingerprint density at radius 2 is 2.29 bits per heavy atom. The van der Waals surface area contributed by atoms with E-state index >= 15 is 0 Å². The summed E-state index contributed by atoms with van der Waals surface area (Å²) in [7, 11) is 1.20. The smallest absolute Gasteiger partial charge is 0.329 e. The minimum atomic E-state index is -0.973. The number of methoxy groups -OCH3 is 1. The van der Waals surface area contributed by atoms with Gasteiger partial charge >= 0.3 is 5.97 Å². The topological polar surface area (TPSA) is 103 Å². The highest BCUT2D eigenvalue weighted by molar-refractivity contribution is 6.02. The minimum Gasteiger partial charge on any atom is -0.467 e. The summed E-state index contributed by atoms with van der Waals surface area (Å²) in [5.41, 5.74) is -0.568. The molecule has 1 amide bonds. The van der Waals surface area contributed by atoms with Crippen LogP contribution in [0.15, 0.2) is 33.7 Å². The van der Waals surface area contributed by atoms with E-state index in [1.165, 1.54) is 31.5 Å². The summed E-state index contributed by atoms with van der Waals surface area (Å²) >= 11 is 0. The number of nitrogens with one attached hydrogen (secondary N) is 1. The minimum absolute atomic E-state index is 0.0194. The molecule has 0 saturated heterocycles. The van der Waals surface area contributed by atoms with Crippen LogP contribution in [0.2, 0.25) is 0 Å². The van der Waals surface area contributed by atoms with Gasteiger partial charge in [0.1, 0.15) is 17.5 Å². The second-order valence-corrected chi connectivity index (χ2v) is 4.86. The molecular weight excluding hydrogens is 314 g/mol. The maximum Gasteiger partial charge on any atom is 0.329 e. The highest BCUT2D eigenvalue weighted by Gasteiger charge is 2.23. The van der Waals surface area contributed by atoms with Crippen LogP contribution < -0.4 is 10.9 Å². The van der Waals surface area contributed by atoms with Crippen molar-refractivity contribution in [1.82, 2.24) is 9.72 Å². The van der Waals surface area contributed by atoms with E-state index in [0.717, 1.165) is 4.57 Å². The Labute approximate surface area is 137 Å². The molecule has 0 aliphatic rings. The SMILES string of the molecule is C#CCC(C(=O)OC)n1cccc(NC(=O)c2cc(C)on2)c1=O. The molecule has 0 spiro atoms. The van der Waals surface area contributed by atoms with Crippen molar-refractivity contribution >= 4 is 17.6 Å². The second-order valence-electron chi connectivity index (χ2n) is 4.86. The van der Waals surface area contributed by atoms with Gasteiger partial charge in [0.2, 0.25) is 0 Å². The lowest BCUT2D eigenvalue weighted by atomic mass is 10.2. The number of aryl methyl sites for hydroxylation is 1. The Morgan fingerprint density at radius 1 is 1.54 bits per heavy atom. The number of terminal acetylenes is 1. The molecule has 1 N–H and O–H groups in total. The van der Waals surface area contributed by atoms with Crippen LogP contribution in [0.3, 0.4) is 0 Å². The third-order valence-electron chi connectivity index (χ3n) is 3.20. The molecule has 8 heteroatoms. The molecule has 0 aliphatic heterocycles. The molecule has 124 valence electrons. The van der Waals surface area contributed by atoms with E-state index in [0.29, 0.717) is 5.76 Å². The zero-order valence-electron chi connectivity index (χ0n) is 13.1. The third kappa shape index (κ3) is 3.52. The van der Waals surface area contributed by atoms with Crippen molar-refractivity contribution in [2.45, 2.75) is 19.4 Å². The largest absolute Gasteiger partial charge is 0.467 e. The van der Waals surface area contributed by atoms with Gasteiger partial charge < -0.3 is 14.6 Å². The fourth-order valence-corrected chi connectivity index (χ4v) is 2.05. The molecule has 0 bridgehead atoms. The summed E-state index contributed by atoms with van der Waals surface area (Å²) < 4.78 is 10.6. The van der Waals surface area contributed by atoms with Gasteiger partial charge in [0.05, 0.1) is 7.11 Å². The standard InChI is InChI=1S/C16H15N3O5/c1-4-6-13(16(22)23-3)19-8-5-7-11(15(19)21)17-14(20)12-9-10(2)24-18-12/h1,5,7-9,13H,6H2,2-3H3,(H,17,20). The van der Waals surface area contributed by atoms with E-state index in [2.05, 4.69) is 21.1 Å². The van der Waals surface area contributed by atoms with Crippen LogP contribution in [0.5, 0.6) is 0 Å². The van der Waals surface area contributed by atoms with Crippen LogP contribution >= 0.6 is 0 Å². The van der Waals surface area contributed by atoms with Crippen molar-refractivity contribution in [3.8, 4) is 12.3 Å². The Balaban J connectivity index is 2.33. The second kappa shape index (κ2) is 7.28. The van der Waals surface area contributed by atoms with Crippen LogP contribution in [0.25, 0.3) is 0 Å². The molecule has 0 aromatic carbocycles. The predicted octanol–water partition coefficient (Wildman–Crippen LogP) is 1.13.